The lowest BCUT2D eigenvalue weighted by molar-refractivity contribution is -0.129. The van der Waals surface area contributed by atoms with Crippen LogP contribution in [0.4, 0.5) is 5.69 Å². The normalized spacial score (nSPS) is 20.0. The molecule has 0 unspecified atom stereocenters. The Morgan fingerprint density at radius 2 is 1.80 bits per heavy atom. The number of nitrogens with zero attached hydrogens (tertiary/aromatic N) is 3. The lowest BCUT2D eigenvalue weighted by atomic mass is 10.1. The molecule has 25 heavy (non-hydrogen) atoms. The third-order valence-electron chi connectivity index (χ3n) is 5.03. The smallest absolute Gasteiger partial charge is 0.265 e. The van der Waals surface area contributed by atoms with Gasteiger partial charge in [-0.1, -0.05) is 24.3 Å². The van der Waals surface area contributed by atoms with Gasteiger partial charge in [-0.3, -0.25) is 9.10 Å². The summed E-state index contributed by atoms with van der Waals surface area (Å²) in [6, 6.07) is 10.8. The van der Waals surface area contributed by atoms with Gasteiger partial charge in [-0.05, 0) is 37.5 Å². The number of rotatable bonds is 2. The molecular weight excluding hydrogens is 338 g/mol. The Kier molecular flexibility index (Phi) is 3.92. The molecule has 4 rings (SSSR count). The summed E-state index contributed by atoms with van der Waals surface area (Å²) in [5, 5.41) is 1.60. The summed E-state index contributed by atoms with van der Waals surface area (Å²) in [7, 11) is -1.64. The maximum Gasteiger partial charge on any atom is 0.265 e. The van der Waals surface area contributed by atoms with E-state index in [2.05, 4.69) is 4.90 Å². The monoisotopic (exact) mass is 359 g/mol. The second-order valence-corrected chi connectivity index (χ2v) is 8.51. The van der Waals surface area contributed by atoms with E-state index < -0.39 is 10.0 Å². The molecule has 1 saturated heterocycles. The fourth-order valence-electron chi connectivity index (χ4n) is 3.65. The molecule has 1 amide bonds. The highest BCUT2D eigenvalue weighted by molar-refractivity contribution is 7.93. The van der Waals surface area contributed by atoms with Crippen LogP contribution in [0, 0.1) is 0 Å². The molecule has 132 valence electrons. The van der Waals surface area contributed by atoms with E-state index in [1.54, 1.807) is 23.1 Å². The summed E-state index contributed by atoms with van der Waals surface area (Å²) in [6.45, 7) is 2.94. The SMILES string of the molecule is CN1CCCN(C(=O)CN2c3cccc4cccc(c34)S2(=O)=O)CC1. The predicted molar refractivity (Wildman–Crippen MR) is 97.2 cm³/mol. The summed E-state index contributed by atoms with van der Waals surface area (Å²) in [5.41, 5.74) is 0.605. The van der Waals surface area contributed by atoms with Crippen LogP contribution < -0.4 is 4.31 Å². The molecule has 0 saturated carbocycles. The molecule has 7 heteroatoms. The number of likely N-dealkylation sites (N-methyl/N-ethyl adjacent to an activating group) is 1. The highest BCUT2D eigenvalue weighted by atomic mass is 32.2. The van der Waals surface area contributed by atoms with Crippen molar-refractivity contribution < 1.29 is 13.2 Å². The number of sulfonamides is 1. The summed E-state index contributed by atoms with van der Waals surface area (Å²) in [6.07, 6.45) is 0.908. The van der Waals surface area contributed by atoms with Crippen molar-refractivity contribution in [2.45, 2.75) is 11.3 Å². The Hall–Kier alpha value is -2.12. The van der Waals surface area contributed by atoms with Crippen molar-refractivity contribution in [1.82, 2.24) is 9.80 Å². The van der Waals surface area contributed by atoms with Gasteiger partial charge in [-0.2, -0.15) is 0 Å². The van der Waals surface area contributed by atoms with Gasteiger partial charge in [0.05, 0.1) is 10.6 Å². The Morgan fingerprint density at radius 1 is 1.04 bits per heavy atom. The van der Waals surface area contributed by atoms with Crippen LogP contribution >= 0.6 is 0 Å². The Bertz CT molecular complexity index is 936. The molecule has 0 bridgehead atoms. The van der Waals surface area contributed by atoms with E-state index in [0.29, 0.717) is 29.1 Å². The van der Waals surface area contributed by atoms with Crippen molar-refractivity contribution in [3.8, 4) is 0 Å². The largest absolute Gasteiger partial charge is 0.340 e. The molecule has 0 atom stereocenters. The molecule has 0 aliphatic carbocycles. The molecule has 2 aliphatic heterocycles. The van der Waals surface area contributed by atoms with E-state index >= 15 is 0 Å². The van der Waals surface area contributed by atoms with Gasteiger partial charge in [0.1, 0.15) is 6.54 Å². The third kappa shape index (κ3) is 2.67. The molecular formula is C18H21N3O3S. The molecule has 0 aromatic heterocycles. The number of hydrogen-bond donors (Lipinski definition) is 0. The minimum absolute atomic E-state index is 0.135. The quantitative estimate of drug-likeness (QED) is 0.816. The zero-order valence-corrected chi connectivity index (χ0v) is 15.0. The molecule has 6 nitrogen and oxygen atoms in total. The molecule has 1 fully saturated rings. The van der Waals surface area contributed by atoms with Crippen molar-refractivity contribution in [3.05, 3.63) is 36.4 Å². The molecule has 0 spiro atoms. The van der Waals surface area contributed by atoms with Crippen LogP contribution in [0.25, 0.3) is 10.8 Å². The van der Waals surface area contributed by atoms with Gasteiger partial charge in [0.25, 0.3) is 10.0 Å². The minimum Gasteiger partial charge on any atom is -0.340 e. The van der Waals surface area contributed by atoms with E-state index in [-0.39, 0.29) is 12.5 Å². The third-order valence-corrected chi connectivity index (χ3v) is 6.83. The summed E-state index contributed by atoms with van der Waals surface area (Å²) in [4.78, 5) is 17.0. The lowest BCUT2D eigenvalue weighted by Gasteiger charge is -2.25. The first-order valence-corrected chi connectivity index (χ1v) is 9.93. The number of amides is 1. The Labute approximate surface area is 147 Å². The van der Waals surface area contributed by atoms with Crippen molar-refractivity contribution in [2.75, 3.05) is 44.1 Å². The first kappa shape index (κ1) is 16.4. The second kappa shape index (κ2) is 6.00. The van der Waals surface area contributed by atoms with Crippen LogP contribution in [0.15, 0.2) is 41.3 Å². The maximum atomic E-state index is 13.0. The molecule has 2 aromatic carbocycles. The zero-order valence-electron chi connectivity index (χ0n) is 14.2. The van der Waals surface area contributed by atoms with Crippen molar-refractivity contribution in [1.29, 1.82) is 0 Å². The molecule has 2 aromatic rings. The first-order chi connectivity index (χ1) is 12.0. The topological polar surface area (TPSA) is 60.9 Å². The standard InChI is InChI=1S/C18H21N3O3S/c1-19-9-4-10-20(12-11-19)17(22)13-21-15-7-2-5-14-6-3-8-16(18(14)15)25(21,23)24/h2-3,5-8H,4,9-13H2,1H3. The van der Waals surface area contributed by atoms with E-state index in [1.165, 1.54) is 4.31 Å². The summed E-state index contributed by atoms with van der Waals surface area (Å²) >= 11 is 0. The van der Waals surface area contributed by atoms with Crippen molar-refractivity contribution in [2.24, 2.45) is 0 Å². The van der Waals surface area contributed by atoms with E-state index in [4.69, 9.17) is 0 Å². The fraction of sp³-hybridized carbons (Fsp3) is 0.389. The zero-order chi connectivity index (χ0) is 17.6. The molecule has 0 radical (unpaired) electrons. The average molecular weight is 359 g/mol. The van der Waals surface area contributed by atoms with Crippen LogP contribution in [0.1, 0.15) is 6.42 Å². The summed E-state index contributed by atoms with van der Waals surface area (Å²) < 4.78 is 27.2. The second-order valence-electron chi connectivity index (χ2n) is 6.68. The number of carbonyl (C=O) groups excluding carboxylic acids is 1. The molecule has 2 aliphatic rings. The van der Waals surface area contributed by atoms with E-state index in [1.807, 2.05) is 25.2 Å². The minimum atomic E-state index is -3.68. The van der Waals surface area contributed by atoms with Crippen LogP contribution in [0.3, 0.4) is 0 Å². The number of benzene rings is 2. The number of anilines is 1. The van der Waals surface area contributed by atoms with Crippen LogP contribution in [0.2, 0.25) is 0 Å². The van der Waals surface area contributed by atoms with Gasteiger partial charge in [0.2, 0.25) is 5.91 Å². The molecule has 2 heterocycles. The number of carbonyl (C=O) groups is 1. The van der Waals surface area contributed by atoms with Gasteiger partial charge < -0.3 is 9.80 Å². The van der Waals surface area contributed by atoms with Gasteiger partial charge in [-0.25, -0.2) is 8.42 Å². The Morgan fingerprint density at radius 3 is 2.60 bits per heavy atom. The van der Waals surface area contributed by atoms with Gasteiger partial charge in [-0.15, -0.1) is 0 Å². The highest BCUT2D eigenvalue weighted by Gasteiger charge is 2.37. The van der Waals surface area contributed by atoms with Crippen molar-refractivity contribution in [3.63, 3.8) is 0 Å². The average Bonchev–Trinajstić information content (AvgIpc) is 2.74. The molecule has 0 N–H and O–H groups in total. The first-order valence-electron chi connectivity index (χ1n) is 8.49. The number of hydrogen-bond acceptors (Lipinski definition) is 4. The van der Waals surface area contributed by atoms with Crippen LogP contribution in [-0.4, -0.2) is 63.9 Å². The van der Waals surface area contributed by atoms with E-state index in [0.717, 1.165) is 24.9 Å². The van der Waals surface area contributed by atoms with E-state index in [9.17, 15) is 13.2 Å². The van der Waals surface area contributed by atoms with Gasteiger partial charge >= 0.3 is 0 Å². The van der Waals surface area contributed by atoms with Gasteiger partial charge in [0.15, 0.2) is 0 Å². The maximum absolute atomic E-state index is 13.0. The lowest BCUT2D eigenvalue weighted by Crippen LogP contribution is -2.43. The predicted octanol–water partition coefficient (Wildman–Crippen LogP) is 1.51. The fourth-order valence-corrected chi connectivity index (χ4v) is 5.31. The van der Waals surface area contributed by atoms with Crippen LogP contribution in [0.5, 0.6) is 0 Å². The Balaban J connectivity index is 1.65. The highest BCUT2D eigenvalue weighted by Crippen LogP contribution is 2.41. The van der Waals surface area contributed by atoms with Crippen LogP contribution in [-0.2, 0) is 14.8 Å². The van der Waals surface area contributed by atoms with Crippen molar-refractivity contribution >= 4 is 32.4 Å². The summed E-state index contributed by atoms with van der Waals surface area (Å²) in [5.74, 6) is -0.135. The van der Waals surface area contributed by atoms with Gasteiger partial charge in [0, 0.05) is 25.0 Å².